The van der Waals surface area contributed by atoms with Crippen LogP contribution in [-0.2, 0) is 4.79 Å². The van der Waals surface area contributed by atoms with Crippen LogP contribution in [0.15, 0.2) is 0 Å². The second-order valence-electron chi connectivity index (χ2n) is 5.38. The van der Waals surface area contributed by atoms with Crippen molar-refractivity contribution in [2.75, 3.05) is 6.54 Å². The predicted octanol–water partition coefficient (Wildman–Crippen LogP) is 2.04. The van der Waals surface area contributed by atoms with E-state index in [-0.39, 0.29) is 18.0 Å². The van der Waals surface area contributed by atoms with Crippen LogP contribution in [0.4, 0.5) is 4.79 Å². The molecule has 1 N–H and O–H groups in total. The molecule has 1 fully saturated rings. The first-order chi connectivity index (χ1) is 8.41. The van der Waals surface area contributed by atoms with Crippen molar-refractivity contribution in [2.45, 2.75) is 52.5 Å². The third-order valence-corrected chi connectivity index (χ3v) is 3.17. The molecule has 1 atom stereocenters. The molecule has 1 rings (SSSR count). The highest BCUT2D eigenvalue weighted by molar-refractivity contribution is 6.04. The topological polar surface area (TPSA) is 73.2 Å². The minimum Gasteiger partial charge on any atom is -0.326 e. The Morgan fingerprint density at radius 2 is 2.11 bits per heavy atom. The number of hydrogen-bond acceptors (Lipinski definition) is 3. The fraction of sp³-hybridized carbons (Fsp3) is 0.769. The smallest absolute Gasteiger partial charge is 0.324 e. The van der Waals surface area contributed by atoms with E-state index in [1.54, 1.807) is 0 Å². The van der Waals surface area contributed by atoms with E-state index in [0.29, 0.717) is 25.8 Å². The fourth-order valence-corrected chi connectivity index (χ4v) is 2.01. The van der Waals surface area contributed by atoms with Gasteiger partial charge in [0.05, 0.1) is 11.5 Å². The van der Waals surface area contributed by atoms with Gasteiger partial charge in [0.25, 0.3) is 5.91 Å². The van der Waals surface area contributed by atoms with Crippen LogP contribution in [0.5, 0.6) is 0 Å². The molecule has 0 bridgehead atoms. The van der Waals surface area contributed by atoms with Gasteiger partial charge in [-0.05, 0) is 33.1 Å². The van der Waals surface area contributed by atoms with Gasteiger partial charge in [-0.1, -0.05) is 13.3 Å². The van der Waals surface area contributed by atoms with Crippen molar-refractivity contribution in [3.63, 3.8) is 0 Å². The predicted molar refractivity (Wildman–Crippen MR) is 67.6 cm³/mol. The maximum atomic E-state index is 11.9. The van der Waals surface area contributed by atoms with Crippen LogP contribution in [0.25, 0.3) is 0 Å². The van der Waals surface area contributed by atoms with Crippen molar-refractivity contribution >= 4 is 11.9 Å². The average Bonchev–Trinajstić information content (AvgIpc) is 2.57. The minimum absolute atomic E-state index is 0.128. The molecule has 0 aromatic carbocycles. The molecule has 1 aliphatic rings. The highest BCUT2D eigenvalue weighted by Gasteiger charge is 2.36. The Kier molecular flexibility index (Phi) is 4.71. The molecule has 3 amide bonds. The van der Waals surface area contributed by atoms with E-state index in [2.05, 4.69) is 11.4 Å². The van der Waals surface area contributed by atoms with Crippen LogP contribution in [0.2, 0.25) is 0 Å². The first-order valence-electron chi connectivity index (χ1n) is 6.44. The molecular weight excluding hydrogens is 230 g/mol. The lowest BCUT2D eigenvalue weighted by molar-refractivity contribution is -0.127. The number of nitrogens with one attached hydrogen (secondary N) is 1. The van der Waals surface area contributed by atoms with E-state index in [4.69, 9.17) is 5.26 Å². The summed E-state index contributed by atoms with van der Waals surface area (Å²) in [5.41, 5.74) is -0.401. The van der Waals surface area contributed by atoms with E-state index in [1.807, 2.05) is 20.8 Å². The standard InChI is InChI=1S/C13H21N3O2/c1-4-6-10-11(17)16(12(18)15-10)8-5-7-13(2,3)9-14/h10H,4-8H2,1-3H3,(H,15,18). The van der Waals surface area contributed by atoms with Crippen LogP contribution in [0.1, 0.15) is 46.5 Å². The number of nitriles is 1. The molecular formula is C13H21N3O2. The van der Waals surface area contributed by atoms with E-state index in [0.717, 1.165) is 6.42 Å². The van der Waals surface area contributed by atoms with Crippen LogP contribution in [0.3, 0.4) is 0 Å². The third-order valence-electron chi connectivity index (χ3n) is 3.17. The number of amides is 3. The van der Waals surface area contributed by atoms with Gasteiger partial charge in [0.2, 0.25) is 0 Å². The van der Waals surface area contributed by atoms with Crippen molar-refractivity contribution in [1.82, 2.24) is 10.2 Å². The average molecular weight is 251 g/mol. The van der Waals surface area contributed by atoms with Gasteiger partial charge >= 0.3 is 6.03 Å². The third kappa shape index (κ3) is 3.46. The minimum atomic E-state index is -0.401. The Bertz CT molecular complexity index is 371. The van der Waals surface area contributed by atoms with E-state index >= 15 is 0 Å². The Morgan fingerprint density at radius 3 is 2.67 bits per heavy atom. The zero-order valence-electron chi connectivity index (χ0n) is 11.3. The summed E-state index contributed by atoms with van der Waals surface area (Å²) in [6.45, 7) is 6.10. The molecule has 0 spiro atoms. The summed E-state index contributed by atoms with van der Waals surface area (Å²) >= 11 is 0. The van der Waals surface area contributed by atoms with Gasteiger partial charge in [0.15, 0.2) is 0 Å². The lowest BCUT2D eigenvalue weighted by atomic mass is 9.90. The molecule has 0 aromatic heterocycles. The molecule has 100 valence electrons. The van der Waals surface area contributed by atoms with Gasteiger partial charge in [-0.15, -0.1) is 0 Å². The number of carbonyl (C=O) groups is 2. The molecule has 0 radical (unpaired) electrons. The number of urea groups is 1. The summed E-state index contributed by atoms with van der Waals surface area (Å²) in [6.07, 6.45) is 2.90. The van der Waals surface area contributed by atoms with Crippen molar-refractivity contribution in [2.24, 2.45) is 5.41 Å². The first kappa shape index (κ1) is 14.5. The van der Waals surface area contributed by atoms with E-state index in [9.17, 15) is 9.59 Å². The van der Waals surface area contributed by atoms with Gasteiger partial charge in [-0.3, -0.25) is 9.69 Å². The summed E-state index contributed by atoms with van der Waals surface area (Å²) in [5, 5.41) is 11.6. The van der Waals surface area contributed by atoms with Crippen LogP contribution < -0.4 is 5.32 Å². The summed E-state index contributed by atoms with van der Waals surface area (Å²) < 4.78 is 0. The monoisotopic (exact) mass is 251 g/mol. The van der Waals surface area contributed by atoms with Crippen LogP contribution in [0, 0.1) is 16.7 Å². The zero-order chi connectivity index (χ0) is 13.8. The fourth-order valence-electron chi connectivity index (χ4n) is 2.01. The van der Waals surface area contributed by atoms with E-state index < -0.39 is 5.41 Å². The number of hydrogen-bond donors (Lipinski definition) is 1. The van der Waals surface area contributed by atoms with Crippen LogP contribution in [-0.4, -0.2) is 29.4 Å². The Balaban J connectivity index is 2.46. The molecule has 5 nitrogen and oxygen atoms in total. The van der Waals surface area contributed by atoms with Gasteiger partial charge < -0.3 is 5.32 Å². The molecule has 1 unspecified atom stereocenters. The molecule has 0 aliphatic carbocycles. The van der Waals surface area contributed by atoms with Gasteiger partial charge in [0.1, 0.15) is 6.04 Å². The molecule has 0 saturated carbocycles. The number of carbonyl (C=O) groups excluding carboxylic acids is 2. The van der Waals surface area contributed by atoms with Crippen molar-refractivity contribution < 1.29 is 9.59 Å². The largest absolute Gasteiger partial charge is 0.326 e. The first-order valence-corrected chi connectivity index (χ1v) is 6.44. The van der Waals surface area contributed by atoms with Crippen LogP contribution >= 0.6 is 0 Å². The summed E-state index contributed by atoms with van der Waals surface area (Å²) in [6, 6.07) is 1.56. The molecule has 1 heterocycles. The van der Waals surface area contributed by atoms with Gasteiger partial charge in [0, 0.05) is 6.54 Å². The summed E-state index contributed by atoms with van der Waals surface area (Å²) in [5.74, 6) is -0.128. The molecule has 1 aliphatic heterocycles. The summed E-state index contributed by atoms with van der Waals surface area (Å²) in [4.78, 5) is 24.8. The SMILES string of the molecule is CCCC1NC(=O)N(CCCC(C)(C)C#N)C1=O. The highest BCUT2D eigenvalue weighted by Crippen LogP contribution is 2.21. The normalized spacial score (nSPS) is 19.9. The molecule has 5 heteroatoms. The maximum absolute atomic E-state index is 11.9. The summed E-state index contributed by atoms with van der Waals surface area (Å²) in [7, 11) is 0. The Labute approximate surface area is 108 Å². The second kappa shape index (κ2) is 5.85. The Hall–Kier alpha value is -1.57. The number of imide groups is 1. The molecule has 18 heavy (non-hydrogen) atoms. The number of rotatable bonds is 6. The van der Waals surface area contributed by atoms with Gasteiger partial charge in [-0.25, -0.2) is 4.79 Å². The van der Waals surface area contributed by atoms with Gasteiger partial charge in [-0.2, -0.15) is 5.26 Å². The second-order valence-corrected chi connectivity index (χ2v) is 5.38. The lowest BCUT2D eigenvalue weighted by Crippen LogP contribution is -2.32. The number of nitrogens with zero attached hydrogens (tertiary/aromatic N) is 2. The van der Waals surface area contributed by atoms with Crippen molar-refractivity contribution in [1.29, 1.82) is 5.26 Å². The highest BCUT2D eigenvalue weighted by atomic mass is 16.2. The maximum Gasteiger partial charge on any atom is 0.324 e. The van der Waals surface area contributed by atoms with E-state index in [1.165, 1.54) is 4.90 Å². The van der Waals surface area contributed by atoms with Crippen molar-refractivity contribution in [3.8, 4) is 6.07 Å². The zero-order valence-corrected chi connectivity index (χ0v) is 11.3. The lowest BCUT2D eigenvalue weighted by Gasteiger charge is -2.17. The molecule has 0 aromatic rings. The Morgan fingerprint density at radius 1 is 1.44 bits per heavy atom. The quantitative estimate of drug-likeness (QED) is 0.734. The molecule has 1 saturated heterocycles. The van der Waals surface area contributed by atoms with Crippen molar-refractivity contribution in [3.05, 3.63) is 0 Å².